The minimum absolute atomic E-state index is 0.219. The monoisotopic (exact) mass is 283 g/mol. The Morgan fingerprint density at radius 2 is 2.37 bits per heavy atom. The molecule has 0 saturated carbocycles. The number of aromatic nitrogens is 1. The number of fused-ring (bicyclic) bond motifs is 1. The van der Waals surface area contributed by atoms with Crippen molar-refractivity contribution in [2.24, 2.45) is 5.92 Å². The van der Waals surface area contributed by atoms with Crippen LogP contribution in [0.5, 0.6) is 5.88 Å². The molecule has 5 heteroatoms. The second-order valence-corrected chi connectivity index (χ2v) is 5.75. The van der Waals surface area contributed by atoms with Gasteiger partial charge in [-0.2, -0.15) is 0 Å². The maximum absolute atomic E-state index is 9.87. The molecule has 19 heavy (non-hydrogen) atoms. The first-order valence-corrected chi connectivity index (χ1v) is 7.06. The number of halogens is 1. The van der Waals surface area contributed by atoms with Crippen LogP contribution in [-0.2, 0) is 11.2 Å². The van der Waals surface area contributed by atoms with E-state index in [1.807, 2.05) is 6.07 Å². The molecule has 1 fully saturated rings. The zero-order valence-electron chi connectivity index (χ0n) is 10.9. The van der Waals surface area contributed by atoms with Crippen LogP contribution in [0, 0.1) is 5.92 Å². The topological polar surface area (TPSA) is 51.6 Å². The van der Waals surface area contributed by atoms with Gasteiger partial charge in [-0.1, -0.05) is 11.6 Å². The molecule has 2 heterocycles. The van der Waals surface area contributed by atoms with E-state index in [0.717, 1.165) is 19.3 Å². The number of hydrogen-bond acceptors (Lipinski definition) is 4. The van der Waals surface area contributed by atoms with E-state index in [9.17, 15) is 5.11 Å². The van der Waals surface area contributed by atoms with Gasteiger partial charge in [0.25, 0.3) is 0 Å². The molecule has 1 aliphatic carbocycles. The Kier molecular flexibility index (Phi) is 3.65. The van der Waals surface area contributed by atoms with Crippen LogP contribution < -0.4 is 4.74 Å². The molecule has 4 nitrogen and oxygen atoms in total. The lowest BCUT2D eigenvalue weighted by atomic mass is 9.89. The van der Waals surface area contributed by atoms with E-state index in [-0.39, 0.29) is 12.0 Å². The number of nitrogens with zero attached hydrogens (tertiary/aromatic N) is 1. The summed E-state index contributed by atoms with van der Waals surface area (Å²) in [5, 5.41) is 10.4. The molecule has 3 rings (SSSR count). The lowest BCUT2D eigenvalue weighted by molar-refractivity contribution is 0.115. The highest BCUT2D eigenvalue weighted by Crippen LogP contribution is 2.43. The van der Waals surface area contributed by atoms with Crippen molar-refractivity contribution < 1.29 is 14.6 Å². The van der Waals surface area contributed by atoms with Crippen LogP contribution in [0.3, 0.4) is 0 Å². The molecule has 0 spiro atoms. The maximum atomic E-state index is 9.87. The van der Waals surface area contributed by atoms with E-state index in [1.165, 1.54) is 11.1 Å². The summed E-state index contributed by atoms with van der Waals surface area (Å²) < 4.78 is 10.7. The molecule has 1 saturated heterocycles. The fraction of sp³-hybridized carbons (Fsp3) is 0.643. The molecule has 0 bridgehead atoms. The van der Waals surface area contributed by atoms with E-state index in [2.05, 4.69) is 4.98 Å². The molecule has 0 aromatic carbocycles. The third-order valence-electron chi connectivity index (χ3n) is 4.19. The summed E-state index contributed by atoms with van der Waals surface area (Å²) in [5.74, 6) is 1.24. The summed E-state index contributed by atoms with van der Waals surface area (Å²) in [6, 6.07) is 1.93. The largest absolute Gasteiger partial charge is 0.481 e. The Bertz CT molecular complexity index is 480. The fourth-order valence-electron chi connectivity index (χ4n) is 3.24. The van der Waals surface area contributed by atoms with Crippen LogP contribution in [0.1, 0.15) is 29.9 Å². The maximum Gasteiger partial charge on any atom is 0.218 e. The molecule has 1 N–H and O–H groups in total. The molecular weight excluding hydrogens is 266 g/mol. The highest BCUT2D eigenvalue weighted by atomic mass is 35.5. The summed E-state index contributed by atoms with van der Waals surface area (Å²) in [7, 11) is 1.63. The third-order valence-corrected chi connectivity index (χ3v) is 4.39. The Balaban J connectivity index is 1.84. The zero-order chi connectivity index (χ0) is 13.4. The Hall–Kier alpha value is -0.840. The van der Waals surface area contributed by atoms with Crippen molar-refractivity contribution in [2.45, 2.75) is 31.3 Å². The van der Waals surface area contributed by atoms with E-state index < -0.39 is 0 Å². The lowest BCUT2D eigenvalue weighted by Gasteiger charge is -2.19. The first-order valence-electron chi connectivity index (χ1n) is 6.68. The van der Waals surface area contributed by atoms with Gasteiger partial charge in [-0.15, -0.1) is 0 Å². The first kappa shape index (κ1) is 13.2. The summed E-state index contributed by atoms with van der Waals surface area (Å²) in [6.07, 6.45) is 2.66. The number of aliphatic hydroxyl groups excluding tert-OH is 1. The SMILES string of the molecule is COc1nc(Cl)cc2c1[C@H](C[C@@H]1COC[C@@H]1O)CC2. The average molecular weight is 284 g/mol. The number of ether oxygens (including phenoxy) is 2. The minimum atomic E-state index is -0.338. The smallest absolute Gasteiger partial charge is 0.218 e. The van der Waals surface area contributed by atoms with Gasteiger partial charge in [-0.3, -0.25) is 0 Å². The Morgan fingerprint density at radius 1 is 1.53 bits per heavy atom. The van der Waals surface area contributed by atoms with Crippen molar-refractivity contribution in [3.8, 4) is 5.88 Å². The molecule has 0 amide bonds. The van der Waals surface area contributed by atoms with Gasteiger partial charge in [-0.25, -0.2) is 4.98 Å². The van der Waals surface area contributed by atoms with E-state index >= 15 is 0 Å². The van der Waals surface area contributed by atoms with E-state index in [0.29, 0.717) is 30.2 Å². The van der Waals surface area contributed by atoms with Crippen molar-refractivity contribution in [3.63, 3.8) is 0 Å². The predicted molar refractivity (Wildman–Crippen MR) is 71.8 cm³/mol. The third kappa shape index (κ3) is 2.45. The molecule has 2 aliphatic rings. The summed E-state index contributed by atoms with van der Waals surface area (Å²) in [6.45, 7) is 1.11. The Labute approximate surface area is 117 Å². The number of pyridine rings is 1. The van der Waals surface area contributed by atoms with Gasteiger partial charge >= 0.3 is 0 Å². The van der Waals surface area contributed by atoms with Crippen molar-refractivity contribution in [2.75, 3.05) is 20.3 Å². The summed E-state index contributed by atoms with van der Waals surface area (Å²) in [4.78, 5) is 4.26. The highest BCUT2D eigenvalue weighted by Gasteiger charge is 2.34. The van der Waals surface area contributed by atoms with Gasteiger partial charge in [0.1, 0.15) is 5.15 Å². The normalized spacial score (nSPS) is 29.5. The second-order valence-electron chi connectivity index (χ2n) is 5.36. The minimum Gasteiger partial charge on any atom is -0.481 e. The number of aryl methyl sites for hydroxylation is 1. The van der Waals surface area contributed by atoms with Crippen LogP contribution in [-0.4, -0.2) is 36.5 Å². The molecule has 104 valence electrons. The van der Waals surface area contributed by atoms with Crippen LogP contribution in [0.25, 0.3) is 0 Å². The number of aliphatic hydroxyl groups is 1. The van der Waals surface area contributed by atoms with Gasteiger partial charge in [0.05, 0.1) is 26.4 Å². The molecule has 1 aromatic rings. The predicted octanol–water partition coefficient (Wildman–Crippen LogP) is 2.17. The first-order chi connectivity index (χ1) is 9.19. The van der Waals surface area contributed by atoms with Crippen molar-refractivity contribution in [3.05, 3.63) is 22.3 Å². The van der Waals surface area contributed by atoms with Gasteiger partial charge < -0.3 is 14.6 Å². The molecule has 3 atom stereocenters. The molecule has 1 aromatic heterocycles. The van der Waals surface area contributed by atoms with Crippen LogP contribution in [0.2, 0.25) is 5.15 Å². The van der Waals surface area contributed by atoms with Gasteiger partial charge in [0.15, 0.2) is 0 Å². The lowest BCUT2D eigenvalue weighted by Crippen LogP contribution is -2.20. The van der Waals surface area contributed by atoms with Crippen molar-refractivity contribution >= 4 is 11.6 Å². The molecule has 0 radical (unpaired) electrons. The number of rotatable bonds is 3. The van der Waals surface area contributed by atoms with Gasteiger partial charge in [0, 0.05) is 11.5 Å². The fourth-order valence-corrected chi connectivity index (χ4v) is 3.44. The van der Waals surface area contributed by atoms with E-state index in [4.69, 9.17) is 21.1 Å². The molecule has 0 unspecified atom stereocenters. The van der Waals surface area contributed by atoms with Crippen molar-refractivity contribution in [1.82, 2.24) is 4.98 Å². The standard InChI is InChI=1S/C14H18ClNO3/c1-18-14-13-8(4-10-6-19-7-11(10)17)2-3-9(13)5-12(15)16-14/h5,8,10-11,17H,2-4,6-7H2,1H3/t8-,10+,11-/m0/s1. The quantitative estimate of drug-likeness (QED) is 0.864. The van der Waals surface area contributed by atoms with E-state index in [1.54, 1.807) is 7.11 Å². The zero-order valence-corrected chi connectivity index (χ0v) is 11.7. The molecule has 1 aliphatic heterocycles. The van der Waals surface area contributed by atoms with Crippen LogP contribution in [0.4, 0.5) is 0 Å². The van der Waals surface area contributed by atoms with Gasteiger partial charge in [0.2, 0.25) is 5.88 Å². The second kappa shape index (κ2) is 5.27. The summed E-state index contributed by atoms with van der Waals surface area (Å²) in [5.41, 5.74) is 2.40. The van der Waals surface area contributed by atoms with Crippen LogP contribution >= 0.6 is 11.6 Å². The average Bonchev–Trinajstić information content (AvgIpc) is 2.97. The summed E-state index contributed by atoms with van der Waals surface area (Å²) >= 11 is 6.00. The highest BCUT2D eigenvalue weighted by molar-refractivity contribution is 6.29. The number of methoxy groups -OCH3 is 1. The van der Waals surface area contributed by atoms with Gasteiger partial charge in [-0.05, 0) is 36.8 Å². The van der Waals surface area contributed by atoms with Crippen molar-refractivity contribution in [1.29, 1.82) is 0 Å². The number of hydrogen-bond donors (Lipinski definition) is 1. The molecular formula is C14H18ClNO3. The Morgan fingerprint density at radius 3 is 3.05 bits per heavy atom. The van der Waals surface area contributed by atoms with Crippen LogP contribution in [0.15, 0.2) is 6.07 Å².